The van der Waals surface area contributed by atoms with Crippen molar-refractivity contribution >= 4 is 47.9 Å². The van der Waals surface area contributed by atoms with Crippen molar-refractivity contribution in [3.05, 3.63) is 54.6 Å². The normalized spacial score (nSPS) is 14.5. The highest BCUT2D eigenvalue weighted by Gasteiger charge is 2.25. The van der Waals surface area contributed by atoms with Crippen LogP contribution in [-0.4, -0.2) is 65.9 Å². The van der Waals surface area contributed by atoms with E-state index in [0.29, 0.717) is 41.2 Å². The summed E-state index contributed by atoms with van der Waals surface area (Å²) in [7, 11) is -4.26. The van der Waals surface area contributed by atoms with Crippen LogP contribution < -0.4 is 10.2 Å². The molecule has 1 atom stereocenters. The molecule has 13 nitrogen and oxygen atoms in total. The molecule has 2 amide bonds. The van der Waals surface area contributed by atoms with Crippen molar-refractivity contribution in [2.45, 2.75) is 32.4 Å². The lowest BCUT2D eigenvalue weighted by molar-refractivity contribution is -0.120. The topological polar surface area (TPSA) is 177 Å². The minimum Gasteiger partial charge on any atom is -0.368 e. The van der Waals surface area contributed by atoms with Gasteiger partial charge in [-0.05, 0) is 25.5 Å². The summed E-state index contributed by atoms with van der Waals surface area (Å²) in [5.41, 5.74) is 1.79. The molecule has 0 bridgehead atoms. The van der Waals surface area contributed by atoms with Crippen LogP contribution in [-0.2, 0) is 25.4 Å². The molecule has 3 heterocycles. The highest BCUT2D eigenvalue weighted by Crippen LogP contribution is 2.34. The molecule has 37 heavy (non-hydrogen) atoms. The molecule has 0 saturated carbocycles. The van der Waals surface area contributed by atoms with Gasteiger partial charge in [-0.1, -0.05) is 12.1 Å². The average molecular weight is 528 g/mol. The van der Waals surface area contributed by atoms with E-state index >= 15 is 0 Å². The Kier molecular flexibility index (Phi) is 7.89. The molecule has 1 aliphatic heterocycles. The molecular weight excluding hydrogens is 503 g/mol. The number of carbonyl (C=O) groups is 3. The second kappa shape index (κ2) is 11.1. The quantitative estimate of drug-likeness (QED) is 0.135. The third-order valence-corrected chi connectivity index (χ3v) is 5.98. The van der Waals surface area contributed by atoms with E-state index in [-0.39, 0.29) is 18.7 Å². The van der Waals surface area contributed by atoms with Gasteiger partial charge in [0.2, 0.25) is 0 Å². The summed E-state index contributed by atoms with van der Waals surface area (Å²) >= 11 is 0. The summed E-state index contributed by atoms with van der Waals surface area (Å²) in [6.45, 7) is 2.40. The van der Waals surface area contributed by atoms with Gasteiger partial charge in [-0.2, -0.15) is 0 Å². The van der Waals surface area contributed by atoms with E-state index in [4.69, 9.17) is 14.5 Å². The second-order valence-corrected chi connectivity index (χ2v) is 10.00. The molecule has 14 heteroatoms. The number of rotatable bonds is 12. The number of aromatic nitrogens is 4. The van der Waals surface area contributed by atoms with E-state index in [0.717, 1.165) is 4.90 Å². The summed E-state index contributed by atoms with van der Waals surface area (Å²) in [5, 5.41) is 3.15. The predicted molar refractivity (Wildman–Crippen MR) is 133 cm³/mol. The van der Waals surface area contributed by atoms with E-state index in [1.54, 1.807) is 36.0 Å². The largest absolute Gasteiger partial charge is 0.368 e. The van der Waals surface area contributed by atoms with Crippen molar-refractivity contribution in [3.8, 4) is 0 Å². The zero-order valence-corrected chi connectivity index (χ0v) is 20.7. The minimum atomic E-state index is -4.26. The van der Waals surface area contributed by atoms with Crippen LogP contribution in [0.15, 0.2) is 49.1 Å². The first kappa shape index (κ1) is 26.3. The Hall–Kier alpha value is -3.77. The maximum atomic E-state index is 12.7. The fourth-order valence-corrected chi connectivity index (χ4v) is 4.22. The molecule has 4 rings (SSSR count). The number of ketones is 1. The molecule has 0 aliphatic carbocycles. The van der Waals surface area contributed by atoms with Gasteiger partial charge in [-0.3, -0.25) is 18.9 Å². The molecule has 2 aromatic heterocycles. The lowest BCUT2D eigenvalue weighted by atomic mass is 10.1. The molecule has 3 N–H and O–H groups in total. The first-order valence-corrected chi connectivity index (χ1v) is 13.2. The number of benzene rings is 1. The fraction of sp³-hybridized carbons (Fsp3) is 0.304. The van der Waals surface area contributed by atoms with Crippen LogP contribution in [0.1, 0.15) is 30.1 Å². The zero-order valence-electron chi connectivity index (χ0n) is 19.9. The molecule has 1 aromatic carbocycles. The van der Waals surface area contributed by atoms with Crippen LogP contribution >= 0.6 is 7.60 Å². The number of imidazole rings is 1. The van der Waals surface area contributed by atoms with Gasteiger partial charge in [0, 0.05) is 30.7 Å². The van der Waals surface area contributed by atoms with Crippen LogP contribution in [0, 0.1) is 0 Å². The molecule has 0 fully saturated rings. The van der Waals surface area contributed by atoms with Gasteiger partial charge in [0.1, 0.15) is 18.2 Å². The molecule has 0 unspecified atom stereocenters. The molecule has 3 aromatic rings. The Balaban J connectivity index is 1.32. The smallest absolute Gasteiger partial charge is 0.350 e. The van der Waals surface area contributed by atoms with E-state index < -0.39 is 31.9 Å². The van der Waals surface area contributed by atoms with Gasteiger partial charge in [-0.15, -0.1) is 0 Å². The summed E-state index contributed by atoms with van der Waals surface area (Å²) in [6, 6.07) is 6.41. The number of fused-ring (bicyclic) bond motifs is 1. The Morgan fingerprint density at radius 2 is 1.92 bits per heavy atom. The summed E-state index contributed by atoms with van der Waals surface area (Å²) in [5.74, 6) is -0.529. The summed E-state index contributed by atoms with van der Waals surface area (Å²) in [4.78, 5) is 68.2. The van der Waals surface area contributed by atoms with Crippen molar-refractivity contribution in [1.29, 1.82) is 0 Å². The Morgan fingerprint density at radius 3 is 2.65 bits per heavy atom. The van der Waals surface area contributed by atoms with Crippen LogP contribution in [0.2, 0.25) is 0 Å². The minimum absolute atomic E-state index is 0.128. The van der Waals surface area contributed by atoms with Crippen molar-refractivity contribution in [1.82, 2.24) is 19.5 Å². The van der Waals surface area contributed by atoms with Crippen molar-refractivity contribution in [2.75, 3.05) is 23.1 Å². The molecule has 0 spiro atoms. The number of Topliss-reactive ketones (excluding diaryl/α,β-unsaturated/α-hetero) is 1. The number of hydrogen-bond donors (Lipinski definition) is 3. The zero-order chi connectivity index (χ0) is 26.6. The van der Waals surface area contributed by atoms with E-state index in [1.807, 2.05) is 0 Å². The van der Waals surface area contributed by atoms with E-state index in [1.165, 1.54) is 24.5 Å². The lowest BCUT2D eigenvalue weighted by Gasteiger charge is -2.14. The standard InChI is InChI=1S/C23H25N6O7P/c1-15(36-14-37(33,34)35)11-28-13-27-21-22(25-12-26-23(21)28)24-9-3-6-18(30)16-4-2-5-17(10-16)29-19(31)7-8-20(29)32/h2,4-5,7-8,10,12-13,15H,3,6,9,11,14H2,1H3,(H,24,25,26)(H2,33,34,35)/t15-/m1/s1. The Bertz CT molecular complexity index is 1400. The number of nitrogens with zero attached hydrogens (tertiary/aromatic N) is 5. The highest BCUT2D eigenvalue weighted by atomic mass is 31.2. The number of amides is 2. The molecule has 1 aliphatic rings. The number of imide groups is 1. The first-order valence-electron chi connectivity index (χ1n) is 11.4. The molecular formula is C23H25N6O7P. The van der Waals surface area contributed by atoms with Crippen LogP contribution in [0.25, 0.3) is 11.2 Å². The third-order valence-electron chi connectivity index (χ3n) is 5.49. The fourth-order valence-electron chi connectivity index (χ4n) is 3.77. The van der Waals surface area contributed by atoms with E-state index in [2.05, 4.69) is 20.3 Å². The van der Waals surface area contributed by atoms with Gasteiger partial charge in [0.15, 0.2) is 17.2 Å². The third kappa shape index (κ3) is 6.52. The SMILES string of the molecule is C[C@H](Cn1cnc2c(NCCCC(=O)c3cccc(N4C(=O)C=CC4=O)c3)ncnc21)OCP(=O)(O)O. The number of carbonyl (C=O) groups excluding carboxylic acids is 3. The second-order valence-electron chi connectivity index (χ2n) is 8.41. The molecule has 0 radical (unpaired) electrons. The maximum absolute atomic E-state index is 12.7. The number of hydrogen-bond acceptors (Lipinski definition) is 9. The van der Waals surface area contributed by atoms with Gasteiger partial charge < -0.3 is 24.4 Å². The first-order chi connectivity index (χ1) is 17.6. The monoisotopic (exact) mass is 528 g/mol. The Morgan fingerprint density at radius 1 is 1.16 bits per heavy atom. The number of nitrogens with one attached hydrogen (secondary N) is 1. The van der Waals surface area contributed by atoms with Crippen molar-refractivity contribution < 1.29 is 33.5 Å². The van der Waals surface area contributed by atoms with Gasteiger partial charge >= 0.3 is 7.60 Å². The summed E-state index contributed by atoms with van der Waals surface area (Å²) in [6.07, 6.45) is 4.86. The van der Waals surface area contributed by atoms with Crippen molar-refractivity contribution in [2.24, 2.45) is 0 Å². The van der Waals surface area contributed by atoms with Gasteiger partial charge in [-0.25, -0.2) is 19.9 Å². The number of anilines is 2. The molecule has 194 valence electrons. The van der Waals surface area contributed by atoms with Crippen LogP contribution in [0.3, 0.4) is 0 Å². The van der Waals surface area contributed by atoms with E-state index in [9.17, 15) is 18.9 Å². The number of ether oxygens (including phenoxy) is 1. The maximum Gasteiger partial charge on any atom is 0.350 e. The molecule has 0 saturated heterocycles. The van der Waals surface area contributed by atoms with Crippen LogP contribution in [0.5, 0.6) is 0 Å². The van der Waals surface area contributed by atoms with Crippen LogP contribution in [0.4, 0.5) is 11.5 Å². The van der Waals surface area contributed by atoms with Gasteiger partial charge in [0.25, 0.3) is 11.8 Å². The van der Waals surface area contributed by atoms with Gasteiger partial charge in [0.05, 0.1) is 24.7 Å². The highest BCUT2D eigenvalue weighted by molar-refractivity contribution is 7.51. The van der Waals surface area contributed by atoms with Crippen molar-refractivity contribution in [3.63, 3.8) is 0 Å². The summed E-state index contributed by atoms with van der Waals surface area (Å²) < 4.78 is 17.9. The predicted octanol–water partition coefficient (Wildman–Crippen LogP) is 1.87. The average Bonchev–Trinajstić information content (AvgIpc) is 3.42. The lowest BCUT2D eigenvalue weighted by Crippen LogP contribution is -2.29. The Labute approximate surface area is 211 Å².